The third-order valence-corrected chi connectivity index (χ3v) is 6.91. The largest absolute Gasteiger partial charge is 0.322 e. The zero-order valence-corrected chi connectivity index (χ0v) is 18.9. The van der Waals surface area contributed by atoms with Gasteiger partial charge in [0.1, 0.15) is 0 Å². The number of amides is 1. The molecular weight excluding hydrogens is 422 g/mol. The fourth-order valence-electron chi connectivity index (χ4n) is 3.55. The number of anilines is 1. The number of rotatable bonds is 7. The van der Waals surface area contributed by atoms with E-state index >= 15 is 0 Å². The van der Waals surface area contributed by atoms with Crippen molar-refractivity contribution in [2.24, 2.45) is 0 Å². The summed E-state index contributed by atoms with van der Waals surface area (Å²) in [7, 11) is -3.72. The molecule has 0 aliphatic carbocycles. The van der Waals surface area contributed by atoms with Crippen molar-refractivity contribution in [1.82, 2.24) is 9.62 Å². The fourth-order valence-corrected chi connectivity index (χ4v) is 5.03. The maximum atomic E-state index is 12.8. The summed E-state index contributed by atoms with van der Waals surface area (Å²) in [4.78, 5) is 15.2. The molecule has 0 radical (unpaired) electrons. The molecule has 1 fully saturated rings. The van der Waals surface area contributed by atoms with Gasteiger partial charge < -0.3 is 5.32 Å². The maximum absolute atomic E-state index is 12.8. The average molecular weight is 450 g/mol. The summed E-state index contributed by atoms with van der Waals surface area (Å²) in [6.45, 7) is 6.50. The van der Waals surface area contributed by atoms with Crippen molar-refractivity contribution in [2.45, 2.75) is 50.6 Å². The number of halogens is 1. The van der Waals surface area contributed by atoms with E-state index in [0.29, 0.717) is 5.69 Å². The molecule has 1 amide bonds. The van der Waals surface area contributed by atoms with Crippen LogP contribution >= 0.6 is 11.6 Å². The van der Waals surface area contributed by atoms with Crippen LogP contribution in [0.5, 0.6) is 0 Å². The van der Waals surface area contributed by atoms with Gasteiger partial charge in [0, 0.05) is 18.3 Å². The van der Waals surface area contributed by atoms with Gasteiger partial charge in [-0.05, 0) is 75.7 Å². The Bertz CT molecular complexity index is 1000. The first-order valence-electron chi connectivity index (χ1n) is 10.2. The summed E-state index contributed by atoms with van der Waals surface area (Å²) in [6.07, 6.45) is 3.73. The summed E-state index contributed by atoms with van der Waals surface area (Å²) in [5.41, 5.74) is 1.89. The molecule has 2 aromatic rings. The Morgan fingerprint density at radius 2 is 1.83 bits per heavy atom. The van der Waals surface area contributed by atoms with Crippen LogP contribution in [0.25, 0.3) is 0 Å². The number of benzene rings is 2. The van der Waals surface area contributed by atoms with Crippen molar-refractivity contribution in [3.05, 3.63) is 58.6 Å². The molecular formula is C22H28ClN3O3S. The number of piperidine rings is 1. The molecule has 2 aromatic carbocycles. The SMILES string of the molecule is CC(C)NS(=O)(=O)c1ccc(Cl)c(C(=O)Nc2cccc(CN3CCCCC3)c2)c1. The van der Waals surface area contributed by atoms with Crippen LogP contribution < -0.4 is 10.0 Å². The van der Waals surface area contributed by atoms with Crippen LogP contribution in [0.1, 0.15) is 49.0 Å². The van der Waals surface area contributed by atoms with E-state index in [4.69, 9.17) is 11.6 Å². The molecule has 0 bridgehead atoms. The predicted molar refractivity (Wildman–Crippen MR) is 120 cm³/mol. The van der Waals surface area contributed by atoms with Crippen molar-refractivity contribution in [3.8, 4) is 0 Å². The lowest BCUT2D eigenvalue weighted by molar-refractivity contribution is 0.102. The highest BCUT2D eigenvalue weighted by molar-refractivity contribution is 7.89. The Balaban J connectivity index is 1.76. The molecule has 2 N–H and O–H groups in total. The van der Waals surface area contributed by atoms with Crippen LogP contribution in [0, 0.1) is 0 Å². The zero-order chi connectivity index (χ0) is 21.7. The maximum Gasteiger partial charge on any atom is 0.257 e. The van der Waals surface area contributed by atoms with E-state index in [1.807, 2.05) is 24.3 Å². The molecule has 3 rings (SSSR count). The second kappa shape index (κ2) is 9.92. The number of carbonyl (C=O) groups excluding carboxylic acids is 1. The molecule has 1 heterocycles. The van der Waals surface area contributed by atoms with Gasteiger partial charge in [-0.25, -0.2) is 13.1 Å². The van der Waals surface area contributed by atoms with Crippen LogP contribution in [-0.4, -0.2) is 38.4 Å². The van der Waals surface area contributed by atoms with Gasteiger partial charge in [0.2, 0.25) is 10.0 Å². The monoisotopic (exact) mass is 449 g/mol. The Labute approximate surface area is 183 Å². The van der Waals surface area contributed by atoms with Gasteiger partial charge in [0.05, 0.1) is 15.5 Å². The second-order valence-electron chi connectivity index (χ2n) is 7.91. The third kappa shape index (κ3) is 6.04. The van der Waals surface area contributed by atoms with E-state index < -0.39 is 15.9 Å². The number of carbonyl (C=O) groups is 1. The molecule has 1 aliphatic rings. The topological polar surface area (TPSA) is 78.5 Å². The average Bonchev–Trinajstić information content (AvgIpc) is 2.68. The zero-order valence-electron chi connectivity index (χ0n) is 17.3. The first-order valence-corrected chi connectivity index (χ1v) is 12.1. The number of hydrogen-bond donors (Lipinski definition) is 2. The van der Waals surface area contributed by atoms with Gasteiger partial charge in [-0.2, -0.15) is 0 Å². The van der Waals surface area contributed by atoms with Crippen molar-refractivity contribution in [2.75, 3.05) is 18.4 Å². The van der Waals surface area contributed by atoms with Gasteiger partial charge in [-0.15, -0.1) is 0 Å². The van der Waals surface area contributed by atoms with Crippen molar-refractivity contribution in [3.63, 3.8) is 0 Å². The standard InChI is InChI=1S/C22H28ClN3O3S/c1-16(2)25-30(28,29)19-9-10-21(23)20(14-19)22(27)24-18-8-6-7-17(13-18)15-26-11-4-3-5-12-26/h6-10,13-14,16,25H,3-5,11-12,15H2,1-2H3,(H,24,27). The summed E-state index contributed by atoms with van der Waals surface area (Å²) in [6, 6.07) is 11.6. The number of sulfonamides is 1. The number of likely N-dealkylation sites (tertiary alicyclic amines) is 1. The first-order chi connectivity index (χ1) is 14.2. The van der Waals surface area contributed by atoms with Crippen molar-refractivity contribution < 1.29 is 13.2 Å². The predicted octanol–water partition coefficient (Wildman–Crippen LogP) is 4.26. The van der Waals surface area contributed by atoms with E-state index in [0.717, 1.165) is 25.2 Å². The summed E-state index contributed by atoms with van der Waals surface area (Å²) in [5.74, 6) is -0.447. The fraction of sp³-hybridized carbons (Fsp3) is 0.409. The molecule has 30 heavy (non-hydrogen) atoms. The molecule has 0 atom stereocenters. The Morgan fingerprint density at radius 3 is 2.53 bits per heavy atom. The highest BCUT2D eigenvalue weighted by Gasteiger charge is 2.20. The molecule has 0 unspecified atom stereocenters. The normalized spacial score (nSPS) is 15.3. The summed E-state index contributed by atoms with van der Waals surface area (Å²) < 4.78 is 27.4. The number of hydrogen-bond acceptors (Lipinski definition) is 4. The molecule has 8 heteroatoms. The van der Waals surface area contributed by atoms with Crippen LogP contribution in [0.4, 0.5) is 5.69 Å². The molecule has 0 saturated carbocycles. The smallest absolute Gasteiger partial charge is 0.257 e. The van der Waals surface area contributed by atoms with Gasteiger partial charge in [-0.3, -0.25) is 9.69 Å². The number of nitrogens with one attached hydrogen (secondary N) is 2. The second-order valence-corrected chi connectivity index (χ2v) is 10.0. The summed E-state index contributed by atoms with van der Waals surface area (Å²) in [5, 5.41) is 3.03. The van der Waals surface area contributed by atoms with E-state index in [1.165, 1.54) is 37.5 Å². The van der Waals surface area contributed by atoms with E-state index in [9.17, 15) is 13.2 Å². The highest BCUT2D eigenvalue weighted by Crippen LogP contribution is 2.23. The first kappa shape index (κ1) is 22.7. The van der Waals surface area contributed by atoms with Crippen LogP contribution in [0.15, 0.2) is 47.4 Å². The minimum atomic E-state index is -3.72. The van der Waals surface area contributed by atoms with E-state index in [1.54, 1.807) is 13.8 Å². The van der Waals surface area contributed by atoms with Crippen molar-refractivity contribution >= 4 is 33.2 Å². The molecule has 1 saturated heterocycles. The van der Waals surface area contributed by atoms with Crippen LogP contribution in [-0.2, 0) is 16.6 Å². The quantitative estimate of drug-likeness (QED) is 0.661. The molecule has 162 valence electrons. The Morgan fingerprint density at radius 1 is 1.10 bits per heavy atom. The summed E-state index contributed by atoms with van der Waals surface area (Å²) >= 11 is 6.19. The molecule has 0 spiro atoms. The lowest BCUT2D eigenvalue weighted by Crippen LogP contribution is -2.30. The molecule has 0 aromatic heterocycles. The minimum absolute atomic E-state index is 0.00426. The van der Waals surface area contributed by atoms with E-state index in [2.05, 4.69) is 14.9 Å². The highest BCUT2D eigenvalue weighted by atomic mass is 35.5. The third-order valence-electron chi connectivity index (χ3n) is 4.92. The lowest BCUT2D eigenvalue weighted by Gasteiger charge is -2.26. The Hall–Kier alpha value is -1.93. The van der Waals surface area contributed by atoms with Gasteiger partial charge in [0.15, 0.2) is 0 Å². The van der Waals surface area contributed by atoms with Gasteiger partial charge in [-0.1, -0.05) is 30.2 Å². The van der Waals surface area contributed by atoms with Gasteiger partial charge in [0.25, 0.3) is 5.91 Å². The van der Waals surface area contributed by atoms with Gasteiger partial charge >= 0.3 is 0 Å². The van der Waals surface area contributed by atoms with Crippen LogP contribution in [0.2, 0.25) is 5.02 Å². The molecule has 1 aliphatic heterocycles. The van der Waals surface area contributed by atoms with Crippen molar-refractivity contribution in [1.29, 1.82) is 0 Å². The minimum Gasteiger partial charge on any atom is -0.322 e. The molecule has 6 nitrogen and oxygen atoms in total. The van der Waals surface area contributed by atoms with E-state index in [-0.39, 0.29) is 21.5 Å². The lowest BCUT2D eigenvalue weighted by atomic mass is 10.1. The Kier molecular flexibility index (Phi) is 7.52. The van der Waals surface area contributed by atoms with Crippen LogP contribution in [0.3, 0.4) is 0 Å². The number of nitrogens with zero attached hydrogens (tertiary/aromatic N) is 1.